The zero-order valence-corrected chi connectivity index (χ0v) is 19.7. The number of hydrogen-bond donors (Lipinski definition) is 0. The van der Waals surface area contributed by atoms with Gasteiger partial charge < -0.3 is 9.64 Å². The number of anilines is 2. The van der Waals surface area contributed by atoms with E-state index in [0.29, 0.717) is 21.4 Å². The molecule has 1 saturated carbocycles. The number of nitrogens with zero attached hydrogens (tertiary/aromatic N) is 2. The molecule has 3 atom stereocenters. The molecule has 0 bridgehead atoms. The molecule has 1 aliphatic carbocycles. The quantitative estimate of drug-likeness (QED) is 0.347. The number of carbonyl (C=O) groups excluding carboxylic acids is 4. The maximum Gasteiger partial charge on any atom is 0.316 e. The summed E-state index contributed by atoms with van der Waals surface area (Å²) in [4.78, 5) is 53.8. The molecular formula is C25H22Cl2N2O5. The highest BCUT2D eigenvalue weighted by Crippen LogP contribution is 2.41. The molecule has 2 heterocycles. The number of rotatable bonds is 4. The molecule has 3 fully saturated rings. The summed E-state index contributed by atoms with van der Waals surface area (Å²) in [6, 6.07) is 11.2. The normalized spacial score (nSPS) is 24.5. The molecule has 5 rings (SSSR count). The van der Waals surface area contributed by atoms with Crippen molar-refractivity contribution in [1.29, 1.82) is 0 Å². The van der Waals surface area contributed by atoms with Crippen LogP contribution in [0.5, 0.6) is 5.75 Å². The lowest BCUT2D eigenvalue weighted by molar-refractivity contribution is -0.139. The van der Waals surface area contributed by atoms with Crippen LogP contribution >= 0.6 is 23.2 Å². The second kappa shape index (κ2) is 9.04. The van der Waals surface area contributed by atoms with Crippen molar-refractivity contribution in [2.75, 3.05) is 16.3 Å². The molecule has 3 amide bonds. The molecule has 0 N–H and O–H groups in total. The van der Waals surface area contributed by atoms with E-state index in [1.165, 1.54) is 15.9 Å². The van der Waals surface area contributed by atoms with Crippen molar-refractivity contribution in [1.82, 2.24) is 0 Å². The molecule has 2 aliphatic heterocycles. The number of esters is 1. The predicted molar refractivity (Wildman–Crippen MR) is 127 cm³/mol. The van der Waals surface area contributed by atoms with E-state index in [4.69, 9.17) is 27.9 Å². The Balaban J connectivity index is 1.30. The summed E-state index contributed by atoms with van der Waals surface area (Å²) < 4.78 is 5.55. The van der Waals surface area contributed by atoms with Crippen LogP contribution < -0.4 is 14.5 Å². The summed E-state index contributed by atoms with van der Waals surface area (Å²) in [6.45, 7) is 0.115. The average molecular weight is 501 g/mol. The molecule has 0 spiro atoms. The molecule has 0 radical (unpaired) electrons. The van der Waals surface area contributed by atoms with Gasteiger partial charge in [0.25, 0.3) is 0 Å². The van der Waals surface area contributed by atoms with Crippen molar-refractivity contribution < 1.29 is 23.9 Å². The Labute approximate surface area is 206 Å². The van der Waals surface area contributed by atoms with Gasteiger partial charge in [-0.2, -0.15) is 0 Å². The van der Waals surface area contributed by atoms with Gasteiger partial charge in [-0.05, 0) is 43.2 Å². The number of carbonyl (C=O) groups is 4. The highest BCUT2D eigenvalue weighted by atomic mass is 35.5. The monoisotopic (exact) mass is 500 g/mol. The zero-order valence-electron chi connectivity index (χ0n) is 18.2. The zero-order chi connectivity index (χ0) is 24.0. The van der Waals surface area contributed by atoms with E-state index in [0.717, 1.165) is 25.7 Å². The minimum absolute atomic E-state index is 0.0200. The van der Waals surface area contributed by atoms with Gasteiger partial charge in [-0.3, -0.25) is 19.2 Å². The third kappa shape index (κ3) is 4.07. The first-order valence-corrected chi connectivity index (χ1v) is 12.0. The minimum Gasteiger partial charge on any atom is -0.426 e. The minimum atomic E-state index is -0.691. The van der Waals surface area contributed by atoms with E-state index < -0.39 is 11.9 Å². The Morgan fingerprint density at radius 2 is 1.65 bits per heavy atom. The van der Waals surface area contributed by atoms with Crippen molar-refractivity contribution in [2.45, 2.75) is 32.1 Å². The number of halogens is 2. The van der Waals surface area contributed by atoms with Gasteiger partial charge in [0.05, 0.1) is 34.2 Å². The van der Waals surface area contributed by atoms with Crippen LogP contribution in [0.2, 0.25) is 10.0 Å². The van der Waals surface area contributed by atoms with Crippen molar-refractivity contribution >= 4 is 58.3 Å². The predicted octanol–water partition coefficient (Wildman–Crippen LogP) is 4.63. The second-order valence-electron chi connectivity index (χ2n) is 8.93. The molecule has 0 aromatic heterocycles. The fraction of sp³-hybridized carbons (Fsp3) is 0.360. The van der Waals surface area contributed by atoms with Crippen LogP contribution in [0.3, 0.4) is 0 Å². The summed E-state index contributed by atoms with van der Waals surface area (Å²) in [5, 5.41) is 0.792. The lowest BCUT2D eigenvalue weighted by Crippen LogP contribution is -2.31. The highest BCUT2D eigenvalue weighted by molar-refractivity contribution is 6.36. The Bertz CT molecular complexity index is 1180. The van der Waals surface area contributed by atoms with Crippen LogP contribution in [0.25, 0.3) is 0 Å². The van der Waals surface area contributed by atoms with Crippen molar-refractivity contribution in [2.24, 2.45) is 17.8 Å². The van der Waals surface area contributed by atoms with Gasteiger partial charge in [0.2, 0.25) is 17.7 Å². The summed E-state index contributed by atoms with van der Waals surface area (Å²) in [5.41, 5.74) is 0.841. The van der Waals surface area contributed by atoms with E-state index in [1.807, 2.05) is 0 Å². The van der Waals surface area contributed by atoms with E-state index in [9.17, 15) is 19.2 Å². The van der Waals surface area contributed by atoms with Crippen molar-refractivity contribution in [3.63, 3.8) is 0 Å². The molecule has 2 aromatic carbocycles. The van der Waals surface area contributed by atoms with E-state index in [1.54, 1.807) is 36.4 Å². The molecule has 9 heteroatoms. The van der Waals surface area contributed by atoms with Gasteiger partial charge in [-0.15, -0.1) is 0 Å². The number of hydrogen-bond acceptors (Lipinski definition) is 5. The van der Waals surface area contributed by atoms with E-state index >= 15 is 0 Å². The van der Waals surface area contributed by atoms with Gasteiger partial charge in [-0.25, -0.2) is 4.90 Å². The Morgan fingerprint density at radius 1 is 0.941 bits per heavy atom. The Kier molecular flexibility index (Phi) is 6.08. The molecular weight excluding hydrogens is 479 g/mol. The van der Waals surface area contributed by atoms with Crippen LogP contribution in [0.15, 0.2) is 42.5 Å². The third-order valence-corrected chi connectivity index (χ3v) is 7.35. The number of amides is 3. The SMILES string of the molecule is O=C(Oc1cccc(N2C(=O)[C@@H]3CCCC[C@H]3C2=O)c1)[C@@H]1CC(=O)N(c2cc(Cl)ccc2Cl)C1. The summed E-state index contributed by atoms with van der Waals surface area (Å²) >= 11 is 12.3. The highest BCUT2D eigenvalue weighted by Gasteiger charge is 2.48. The standard InChI is InChI=1S/C25H22Cl2N2O5/c26-15-8-9-20(27)21(11-15)28-13-14(10-22(28)30)25(33)34-17-5-3-4-16(12-17)29-23(31)18-6-1-2-7-19(18)24(29)32/h3-5,8-9,11-12,14,18-19H,1-2,6-7,10,13H2/t14-,18-,19-/m1/s1. The smallest absolute Gasteiger partial charge is 0.316 e. The van der Waals surface area contributed by atoms with Gasteiger partial charge in [0, 0.05) is 24.1 Å². The van der Waals surface area contributed by atoms with Gasteiger partial charge >= 0.3 is 5.97 Å². The van der Waals surface area contributed by atoms with E-state index in [2.05, 4.69) is 0 Å². The molecule has 3 aliphatic rings. The van der Waals surface area contributed by atoms with Crippen LogP contribution in [0.1, 0.15) is 32.1 Å². The molecule has 34 heavy (non-hydrogen) atoms. The Morgan fingerprint density at radius 3 is 2.35 bits per heavy atom. The maximum atomic E-state index is 12.9. The molecule has 176 valence electrons. The first-order chi connectivity index (χ1) is 16.3. The first-order valence-electron chi connectivity index (χ1n) is 11.3. The first kappa shape index (κ1) is 22.9. The summed E-state index contributed by atoms with van der Waals surface area (Å²) in [5.74, 6) is -2.20. The average Bonchev–Trinajstić information content (AvgIpc) is 3.33. The lowest BCUT2D eigenvalue weighted by atomic mass is 9.81. The molecule has 2 aromatic rings. The lowest BCUT2D eigenvalue weighted by Gasteiger charge is -2.19. The van der Waals surface area contributed by atoms with Crippen molar-refractivity contribution in [3.8, 4) is 5.75 Å². The second-order valence-corrected chi connectivity index (χ2v) is 9.77. The van der Waals surface area contributed by atoms with Crippen LogP contribution in [0, 0.1) is 17.8 Å². The molecule has 0 unspecified atom stereocenters. The maximum absolute atomic E-state index is 12.9. The van der Waals surface area contributed by atoms with Crippen LogP contribution in [-0.4, -0.2) is 30.2 Å². The van der Waals surface area contributed by atoms with Crippen molar-refractivity contribution in [3.05, 3.63) is 52.5 Å². The number of ether oxygens (including phenoxy) is 1. The molecule has 7 nitrogen and oxygen atoms in total. The summed E-state index contributed by atoms with van der Waals surface area (Å²) in [6.07, 6.45) is 3.33. The number of benzene rings is 2. The summed E-state index contributed by atoms with van der Waals surface area (Å²) in [7, 11) is 0. The Hall–Kier alpha value is -2.90. The number of fused-ring (bicyclic) bond motifs is 1. The largest absolute Gasteiger partial charge is 0.426 e. The topological polar surface area (TPSA) is 84.0 Å². The fourth-order valence-electron chi connectivity index (χ4n) is 5.09. The third-order valence-electron chi connectivity index (χ3n) is 6.79. The van der Waals surface area contributed by atoms with E-state index in [-0.39, 0.29) is 48.3 Å². The fourth-order valence-corrected chi connectivity index (χ4v) is 5.48. The molecule has 2 saturated heterocycles. The van der Waals surface area contributed by atoms with Gasteiger partial charge in [0.15, 0.2) is 0 Å². The van der Waals surface area contributed by atoms with Crippen LogP contribution in [-0.2, 0) is 19.2 Å². The van der Waals surface area contributed by atoms with Gasteiger partial charge in [-0.1, -0.05) is 42.1 Å². The number of imide groups is 1. The van der Waals surface area contributed by atoms with Crippen LogP contribution in [0.4, 0.5) is 11.4 Å². The van der Waals surface area contributed by atoms with Gasteiger partial charge in [0.1, 0.15) is 5.75 Å².